The molecule has 16 heavy (non-hydrogen) atoms. The molecule has 0 saturated heterocycles. The molecule has 0 unspecified atom stereocenters. The highest BCUT2D eigenvalue weighted by atomic mass is 16.5. The lowest BCUT2D eigenvalue weighted by Crippen LogP contribution is -2.01. The van der Waals surface area contributed by atoms with Gasteiger partial charge in [0.05, 0.1) is 18.7 Å². The lowest BCUT2D eigenvalue weighted by molar-refractivity contribution is -0.134. The van der Waals surface area contributed by atoms with Crippen LogP contribution in [0.4, 0.5) is 0 Å². The molecule has 0 spiro atoms. The van der Waals surface area contributed by atoms with Crippen LogP contribution in [0.25, 0.3) is 0 Å². The fourth-order valence-electron chi connectivity index (χ4n) is 0.977. The summed E-state index contributed by atoms with van der Waals surface area (Å²) < 4.78 is 9.06. The second-order valence-corrected chi connectivity index (χ2v) is 3.10. The van der Waals surface area contributed by atoms with Gasteiger partial charge in [-0.15, -0.1) is 0 Å². The fraction of sp³-hybridized carbons (Fsp3) is 0.167. The molecule has 0 aliphatic rings. The van der Waals surface area contributed by atoms with Gasteiger partial charge in [-0.2, -0.15) is 0 Å². The summed E-state index contributed by atoms with van der Waals surface area (Å²) >= 11 is 0. The average molecular weight is 220 g/mol. The van der Waals surface area contributed by atoms with Crippen molar-refractivity contribution in [2.45, 2.75) is 6.92 Å². The lowest BCUT2D eigenvalue weighted by atomic mass is 10.1. The summed E-state index contributed by atoms with van der Waals surface area (Å²) in [6.07, 6.45) is 2.04. The maximum Gasteiger partial charge on any atom is 0.342 e. The van der Waals surface area contributed by atoms with Crippen molar-refractivity contribution < 1.29 is 19.1 Å². The van der Waals surface area contributed by atoms with Crippen LogP contribution in [0, 0.1) is 6.92 Å². The van der Waals surface area contributed by atoms with Gasteiger partial charge in [-0.1, -0.05) is 17.7 Å². The van der Waals surface area contributed by atoms with E-state index in [0.717, 1.165) is 17.9 Å². The van der Waals surface area contributed by atoms with Crippen molar-refractivity contribution in [2.24, 2.45) is 0 Å². The summed E-state index contributed by atoms with van der Waals surface area (Å²) in [7, 11) is 1.24. The van der Waals surface area contributed by atoms with Gasteiger partial charge in [-0.25, -0.2) is 9.59 Å². The molecule has 0 radical (unpaired) electrons. The molecule has 0 fully saturated rings. The molecule has 0 aromatic heterocycles. The van der Waals surface area contributed by atoms with E-state index in [0.29, 0.717) is 5.56 Å². The Kier molecular flexibility index (Phi) is 4.27. The predicted octanol–water partition coefficient (Wildman–Crippen LogP) is 1.84. The molecule has 4 heteroatoms. The van der Waals surface area contributed by atoms with Crippen LogP contribution >= 0.6 is 0 Å². The third-order valence-electron chi connectivity index (χ3n) is 1.87. The maximum absolute atomic E-state index is 11.4. The van der Waals surface area contributed by atoms with Crippen LogP contribution < -0.4 is 0 Å². The lowest BCUT2D eigenvalue weighted by Gasteiger charge is -1.99. The van der Waals surface area contributed by atoms with E-state index in [4.69, 9.17) is 4.74 Å². The first-order valence-electron chi connectivity index (χ1n) is 4.65. The highest BCUT2D eigenvalue weighted by Crippen LogP contribution is 2.04. The number of hydrogen-bond acceptors (Lipinski definition) is 4. The number of aryl methyl sites for hydroxylation is 1. The Morgan fingerprint density at radius 3 is 2.38 bits per heavy atom. The predicted molar refractivity (Wildman–Crippen MR) is 57.8 cm³/mol. The summed E-state index contributed by atoms with van der Waals surface area (Å²) in [6, 6.07) is 6.93. The maximum atomic E-state index is 11.4. The van der Waals surface area contributed by atoms with Crippen LogP contribution in [-0.4, -0.2) is 19.0 Å². The number of carbonyl (C=O) groups is 2. The second kappa shape index (κ2) is 5.70. The van der Waals surface area contributed by atoms with Crippen LogP contribution in [0.2, 0.25) is 0 Å². The highest BCUT2D eigenvalue weighted by Gasteiger charge is 2.04. The van der Waals surface area contributed by atoms with Gasteiger partial charge >= 0.3 is 11.9 Å². The minimum atomic E-state index is -0.572. The van der Waals surface area contributed by atoms with E-state index in [1.165, 1.54) is 7.11 Å². The Hall–Kier alpha value is -2.10. The molecule has 1 aromatic carbocycles. The minimum absolute atomic E-state index is 0.431. The molecule has 84 valence electrons. The van der Waals surface area contributed by atoms with Gasteiger partial charge in [0.25, 0.3) is 0 Å². The third-order valence-corrected chi connectivity index (χ3v) is 1.87. The van der Waals surface area contributed by atoms with Crippen molar-refractivity contribution in [3.8, 4) is 0 Å². The Morgan fingerprint density at radius 2 is 1.81 bits per heavy atom. The zero-order valence-electron chi connectivity index (χ0n) is 9.10. The monoisotopic (exact) mass is 220 g/mol. The normalized spacial score (nSPS) is 10.1. The van der Waals surface area contributed by atoms with E-state index in [-0.39, 0.29) is 0 Å². The molecule has 0 aliphatic heterocycles. The summed E-state index contributed by atoms with van der Waals surface area (Å²) in [6.45, 7) is 1.92. The van der Waals surface area contributed by atoms with Crippen molar-refractivity contribution >= 4 is 11.9 Å². The Labute approximate surface area is 93.5 Å². The standard InChI is InChI=1S/C12H12O4/c1-9-3-5-10(6-4-9)12(14)16-8-7-11(13)15-2/h3-8H,1-2H3. The second-order valence-electron chi connectivity index (χ2n) is 3.10. The van der Waals surface area contributed by atoms with Crippen molar-refractivity contribution in [3.05, 3.63) is 47.7 Å². The van der Waals surface area contributed by atoms with Gasteiger partial charge in [0.1, 0.15) is 6.26 Å². The molecule has 1 aromatic rings. The fourth-order valence-corrected chi connectivity index (χ4v) is 0.977. The summed E-state index contributed by atoms with van der Waals surface area (Å²) in [5.41, 5.74) is 1.49. The van der Waals surface area contributed by atoms with E-state index in [1.807, 2.05) is 6.92 Å². The topological polar surface area (TPSA) is 52.6 Å². The van der Waals surface area contributed by atoms with Gasteiger partial charge in [0.2, 0.25) is 0 Å². The van der Waals surface area contributed by atoms with Crippen LogP contribution in [0.15, 0.2) is 36.6 Å². The molecule has 1 rings (SSSR count). The smallest absolute Gasteiger partial charge is 0.342 e. The molecule has 0 amide bonds. The van der Waals surface area contributed by atoms with Crippen LogP contribution in [0.3, 0.4) is 0 Å². The molecule has 0 atom stereocenters. The molecular weight excluding hydrogens is 208 g/mol. The van der Waals surface area contributed by atoms with E-state index in [9.17, 15) is 9.59 Å². The molecular formula is C12H12O4. The molecule has 0 aliphatic carbocycles. The Balaban J connectivity index is 2.56. The minimum Gasteiger partial charge on any atom is -0.466 e. The van der Waals surface area contributed by atoms with E-state index >= 15 is 0 Å². The van der Waals surface area contributed by atoms with Crippen LogP contribution in [0.5, 0.6) is 0 Å². The van der Waals surface area contributed by atoms with Gasteiger partial charge in [0, 0.05) is 0 Å². The van der Waals surface area contributed by atoms with Crippen molar-refractivity contribution in [1.82, 2.24) is 0 Å². The number of methoxy groups -OCH3 is 1. The number of carbonyl (C=O) groups excluding carboxylic acids is 2. The van der Waals surface area contributed by atoms with Gasteiger partial charge in [-0.05, 0) is 19.1 Å². The van der Waals surface area contributed by atoms with E-state index in [1.54, 1.807) is 24.3 Å². The number of esters is 2. The Bertz CT molecular complexity index is 404. The zero-order valence-corrected chi connectivity index (χ0v) is 9.10. The number of hydrogen-bond donors (Lipinski definition) is 0. The highest BCUT2D eigenvalue weighted by molar-refractivity contribution is 5.90. The van der Waals surface area contributed by atoms with Crippen molar-refractivity contribution in [3.63, 3.8) is 0 Å². The van der Waals surface area contributed by atoms with Gasteiger partial charge in [-0.3, -0.25) is 0 Å². The van der Waals surface area contributed by atoms with Crippen molar-refractivity contribution in [1.29, 1.82) is 0 Å². The molecule has 0 heterocycles. The first-order valence-corrected chi connectivity index (χ1v) is 4.65. The third kappa shape index (κ3) is 3.57. The summed E-state index contributed by atoms with van der Waals surface area (Å²) in [4.78, 5) is 22.1. The van der Waals surface area contributed by atoms with E-state index in [2.05, 4.69) is 4.74 Å². The molecule has 0 N–H and O–H groups in total. The zero-order chi connectivity index (χ0) is 12.0. The molecule has 4 nitrogen and oxygen atoms in total. The molecule has 0 bridgehead atoms. The van der Waals surface area contributed by atoms with Crippen LogP contribution in [0.1, 0.15) is 15.9 Å². The first kappa shape index (κ1) is 12.0. The number of ether oxygens (including phenoxy) is 2. The van der Waals surface area contributed by atoms with Crippen molar-refractivity contribution in [2.75, 3.05) is 7.11 Å². The largest absolute Gasteiger partial charge is 0.466 e. The van der Waals surface area contributed by atoms with E-state index < -0.39 is 11.9 Å². The number of rotatable bonds is 3. The average Bonchev–Trinajstić information content (AvgIpc) is 2.29. The summed E-state index contributed by atoms with van der Waals surface area (Å²) in [5.74, 6) is -1.09. The first-order chi connectivity index (χ1) is 7.63. The van der Waals surface area contributed by atoms with Crippen LogP contribution in [-0.2, 0) is 14.3 Å². The molecule has 0 saturated carbocycles. The Morgan fingerprint density at radius 1 is 1.19 bits per heavy atom. The quantitative estimate of drug-likeness (QED) is 0.443. The van der Waals surface area contributed by atoms with Gasteiger partial charge < -0.3 is 9.47 Å². The van der Waals surface area contributed by atoms with Gasteiger partial charge in [0.15, 0.2) is 0 Å². The SMILES string of the molecule is COC(=O)C=COC(=O)c1ccc(C)cc1. The number of benzene rings is 1. The summed E-state index contributed by atoms with van der Waals surface area (Å²) in [5, 5.41) is 0.